The lowest BCUT2D eigenvalue weighted by atomic mass is 10.2. The van der Waals surface area contributed by atoms with E-state index < -0.39 is 30.1 Å². The van der Waals surface area contributed by atoms with Crippen LogP contribution in [-0.4, -0.2) is 37.2 Å². The first kappa shape index (κ1) is 20.4. The van der Waals surface area contributed by atoms with Crippen LogP contribution >= 0.6 is 11.8 Å². The maximum absolute atomic E-state index is 13.5. The molecule has 2 rings (SSSR count). The van der Waals surface area contributed by atoms with Crippen molar-refractivity contribution in [2.24, 2.45) is 0 Å². The number of rotatable bonds is 7. The van der Waals surface area contributed by atoms with Crippen molar-refractivity contribution in [1.82, 2.24) is 5.32 Å². The maximum atomic E-state index is 13.5. The summed E-state index contributed by atoms with van der Waals surface area (Å²) in [6.45, 7) is -0.546. The predicted octanol–water partition coefficient (Wildman–Crippen LogP) is 2.60. The largest absolute Gasteiger partial charge is 0.455 e. The number of benzene rings is 2. The molecule has 0 aliphatic rings. The number of ether oxygens (including phenoxy) is 1. The molecule has 0 saturated heterocycles. The number of carbonyl (C=O) groups is 3. The third-order valence-corrected chi connectivity index (χ3v) is 4.24. The zero-order valence-electron chi connectivity index (χ0n) is 14.3. The molecule has 0 aliphatic carbocycles. The number of hydrogen-bond acceptors (Lipinski definition) is 5. The van der Waals surface area contributed by atoms with Crippen molar-refractivity contribution in [2.45, 2.75) is 4.90 Å². The van der Waals surface area contributed by atoms with Crippen molar-refractivity contribution >= 4 is 35.2 Å². The minimum absolute atomic E-state index is 0.0255. The second-order valence-corrected chi connectivity index (χ2v) is 6.25. The van der Waals surface area contributed by atoms with Crippen LogP contribution in [0.4, 0.5) is 14.5 Å². The van der Waals surface area contributed by atoms with Crippen LogP contribution in [0.25, 0.3) is 0 Å². The smallest absolute Gasteiger partial charge is 0.316 e. The normalized spacial score (nSPS) is 10.2. The minimum Gasteiger partial charge on any atom is -0.455 e. The van der Waals surface area contributed by atoms with E-state index in [0.717, 1.165) is 30.0 Å². The molecule has 0 heterocycles. The average molecular weight is 394 g/mol. The van der Waals surface area contributed by atoms with E-state index in [0.29, 0.717) is 11.3 Å². The Hall–Kier alpha value is -2.94. The molecule has 6 nitrogen and oxygen atoms in total. The Morgan fingerprint density at radius 3 is 2.63 bits per heavy atom. The highest BCUT2D eigenvalue weighted by atomic mass is 32.2. The fourth-order valence-corrected chi connectivity index (χ4v) is 2.75. The van der Waals surface area contributed by atoms with Gasteiger partial charge in [-0.1, -0.05) is 6.07 Å². The summed E-state index contributed by atoms with van der Waals surface area (Å²) < 4.78 is 31.3. The SMILES string of the molecule is CNC(=O)c1cccc(NC(=O)COC(=O)CSc2cc(F)ccc2F)c1. The molecule has 0 atom stereocenters. The molecule has 0 spiro atoms. The lowest BCUT2D eigenvalue weighted by Crippen LogP contribution is -2.22. The summed E-state index contributed by atoms with van der Waals surface area (Å²) in [5.41, 5.74) is 0.731. The van der Waals surface area contributed by atoms with Crippen molar-refractivity contribution in [1.29, 1.82) is 0 Å². The fourth-order valence-electron chi connectivity index (χ4n) is 1.99. The molecular weight excluding hydrogens is 378 g/mol. The highest BCUT2D eigenvalue weighted by Crippen LogP contribution is 2.22. The Balaban J connectivity index is 1.80. The molecule has 2 aromatic rings. The third kappa shape index (κ3) is 6.37. The number of hydrogen-bond donors (Lipinski definition) is 2. The van der Waals surface area contributed by atoms with E-state index in [1.54, 1.807) is 18.2 Å². The topological polar surface area (TPSA) is 84.5 Å². The van der Waals surface area contributed by atoms with Gasteiger partial charge in [-0.3, -0.25) is 14.4 Å². The van der Waals surface area contributed by atoms with E-state index in [1.165, 1.54) is 13.1 Å². The van der Waals surface area contributed by atoms with Gasteiger partial charge in [0.1, 0.15) is 11.6 Å². The Bertz CT molecular complexity index is 861. The molecule has 2 N–H and O–H groups in total. The molecule has 0 unspecified atom stereocenters. The van der Waals surface area contributed by atoms with Crippen LogP contribution in [0.5, 0.6) is 0 Å². The number of halogens is 2. The molecule has 2 aromatic carbocycles. The molecule has 0 bridgehead atoms. The second kappa shape index (κ2) is 9.67. The van der Waals surface area contributed by atoms with Crippen molar-refractivity contribution in [3.05, 3.63) is 59.7 Å². The highest BCUT2D eigenvalue weighted by Gasteiger charge is 2.12. The van der Waals surface area contributed by atoms with Crippen molar-refractivity contribution in [3.63, 3.8) is 0 Å². The monoisotopic (exact) mass is 394 g/mol. The summed E-state index contributed by atoms with van der Waals surface area (Å²) in [5.74, 6) is -3.20. The van der Waals surface area contributed by atoms with Gasteiger partial charge in [0.15, 0.2) is 6.61 Å². The Labute approximate surface area is 158 Å². The van der Waals surface area contributed by atoms with E-state index in [-0.39, 0.29) is 16.6 Å². The summed E-state index contributed by atoms with van der Waals surface area (Å²) in [4.78, 5) is 35.0. The van der Waals surface area contributed by atoms with Crippen LogP contribution in [0.15, 0.2) is 47.4 Å². The lowest BCUT2D eigenvalue weighted by molar-refractivity contribution is -0.144. The molecule has 0 aliphatic heterocycles. The lowest BCUT2D eigenvalue weighted by Gasteiger charge is -2.08. The van der Waals surface area contributed by atoms with Gasteiger partial charge < -0.3 is 15.4 Å². The Morgan fingerprint density at radius 2 is 1.89 bits per heavy atom. The number of esters is 1. The molecule has 0 aromatic heterocycles. The fraction of sp³-hybridized carbons (Fsp3) is 0.167. The number of amides is 2. The van der Waals surface area contributed by atoms with Gasteiger partial charge in [0.25, 0.3) is 11.8 Å². The van der Waals surface area contributed by atoms with Crippen molar-refractivity contribution in [2.75, 3.05) is 24.7 Å². The van der Waals surface area contributed by atoms with Gasteiger partial charge in [0.05, 0.1) is 5.75 Å². The van der Waals surface area contributed by atoms with Crippen LogP contribution in [0.2, 0.25) is 0 Å². The van der Waals surface area contributed by atoms with E-state index in [1.807, 2.05) is 0 Å². The number of carbonyl (C=O) groups excluding carboxylic acids is 3. The summed E-state index contributed by atoms with van der Waals surface area (Å²) in [7, 11) is 1.49. The van der Waals surface area contributed by atoms with Gasteiger partial charge in [0.2, 0.25) is 0 Å². The van der Waals surface area contributed by atoms with Crippen molar-refractivity contribution in [3.8, 4) is 0 Å². The first-order chi connectivity index (χ1) is 12.9. The van der Waals surface area contributed by atoms with Gasteiger partial charge in [-0.25, -0.2) is 8.78 Å². The molecular formula is C18H16F2N2O4S. The van der Waals surface area contributed by atoms with Crippen molar-refractivity contribution < 1.29 is 27.9 Å². The van der Waals surface area contributed by atoms with Gasteiger partial charge in [-0.15, -0.1) is 11.8 Å². The molecule has 0 radical (unpaired) electrons. The Kier molecular flexibility index (Phi) is 7.30. The molecule has 0 fully saturated rings. The van der Waals surface area contributed by atoms with Gasteiger partial charge >= 0.3 is 5.97 Å². The van der Waals surface area contributed by atoms with E-state index in [4.69, 9.17) is 4.74 Å². The minimum atomic E-state index is -0.752. The number of thioether (sulfide) groups is 1. The summed E-state index contributed by atoms with van der Waals surface area (Å²) in [6, 6.07) is 9.13. The molecule has 142 valence electrons. The van der Waals surface area contributed by atoms with Crippen LogP contribution in [0.3, 0.4) is 0 Å². The van der Waals surface area contributed by atoms with Crippen LogP contribution in [0.1, 0.15) is 10.4 Å². The van der Waals surface area contributed by atoms with Crippen LogP contribution in [-0.2, 0) is 14.3 Å². The number of nitrogens with one attached hydrogen (secondary N) is 2. The summed E-state index contributed by atoms with van der Waals surface area (Å²) in [5, 5.41) is 4.96. The molecule has 9 heteroatoms. The van der Waals surface area contributed by atoms with E-state index >= 15 is 0 Å². The maximum Gasteiger partial charge on any atom is 0.316 e. The molecule has 0 saturated carbocycles. The van der Waals surface area contributed by atoms with E-state index in [2.05, 4.69) is 10.6 Å². The van der Waals surface area contributed by atoms with Gasteiger partial charge in [-0.2, -0.15) is 0 Å². The quantitative estimate of drug-likeness (QED) is 0.557. The Morgan fingerprint density at radius 1 is 1.11 bits per heavy atom. The zero-order valence-corrected chi connectivity index (χ0v) is 15.1. The zero-order chi connectivity index (χ0) is 19.8. The predicted molar refractivity (Wildman–Crippen MR) is 96.5 cm³/mol. The van der Waals surface area contributed by atoms with Crippen LogP contribution < -0.4 is 10.6 Å². The summed E-state index contributed by atoms with van der Waals surface area (Å²) >= 11 is 0.767. The molecule has 27 heavy (non-hydrogen) atoms. The van der Waals surface area contributed by atoms with Gasteiger partial charge in [-0.05, 0) is 36.4 Å². The first-order valence-electron chi connectivity index (χ1n) is 7.74. The average Bonchev–Trinajstić information content (AvgIpc) is 2.66. The van der Waals surface area contributed by atoms with E-state index in [9.17, 15) is 23.2 Å². The third-order valence-electron chi connectivity index (χ3n) is 3.24. The first-order valence-corrected chi connectivity index (χ1v) is 8.73. The standard InChI is InChI=1S/C18H16F2N2O4S/c1-21-18(25)11-3-2-4-13(7-11)22-16(23)9-26-17(24)10-27-15-8-12(19)5-6-14(15)20/h2-8H,9-10H2,1H3,(H,21,25)(H,22,23). The van der Waals surface area contributed by atoms with Gasteiger partial charge in [0, 0.05) is 23.2 Å². The molecule has 2 amide bonds. The van der Waals surface area contributed by atoms with Crippen LogP contribution in [0, 0.1) is 11.6 Å². The summed E-state index contributed by atoms with van der Waals surface area (Å²) in [6.07, 6.45) is 0. The number of anilines is 1. The second-order valence-electron chi connectivity index (χ2n) is 5.23. The highest BCUT2D eigenvalue weighted by molar-refractivity contribution is 8.00.